The maximum absolute atomic E-state index is 12.7. The van der Waals surface area contributed by atoms with Crippen molar-refractivity contribution in [2.24, 2.45) is 11.8 Å². The topological polar surface area (TPSA) is 40.6 Å². The first-order valence-electron chi connectivity index (χ1n) is 8.38. The van der Waals surface area contributed by atoms with Gasteiger partial charge in [0.2, 0.25) is 11.8 Å². The predicted octanol–water partition coefficient (Wildman–Crippen LogP) is 2.30. The summed E-state index contributed by atoms with van der Waals surface area (Å²) in [6.07, 6.45) is 0. The lowest BCUT2D eigenvalue weighted by atomic mass is 10.00. The van der Waals surface area contributed by atoms with E-state index in [4.69, 9.17) is 0 Å². The van der Waals surface area contributed by atoms with Gasteiger partial charge in [0, 0.05) is 19.6 Å². The summed E-state index contributed by atoms with van der Waals surface area (Å²) in [5.41, 5.74) is 2.22. The first kappa shape index (κ1) is 15.1. The van der Waals surface area contributed by atoms with Crippen LogP contribution < -0.4 is 0 Å². The summed E-state index contributed by atoms with van der Waals surface area (Å²) in [6, 6.07) is 19.9. The number of likely N-dealkylation sites (tertiary alicyclic amines) is 2. The normalized spacial score (nSPS) is 23.8. The Hall–Kier alpha value is -2.46. The van der Waals surface area contributed by atoms with E-state index in [1.54, 1.807) is 0 Å². The Balaban J connectivity index is 1.44. The fourth-order valence-electron chi connectivity index (χ4n) is 3.79. The monoisotopic (exact) mass is 320 g/mol. The fraction of sp³-hybridized carbons (Fsp3) is 0.300. The standard InChI is InChI=1S/C20H20N2O2/c23-19-17-13-21(11-15-7-3-1-4-8-15)14-18(17)20(24)22(19)12-16-9-5-2-6-10-16/h1-10,17-18H,11-14H2/t17-,18-/m0/s1. The first-order valence-corrected chi connectivity index (χ1v) is 8.38. The number of carbonyl (C=O) groups excluding carboxylic acids is 2. The molecule has 0 bridgehead atoms. The number of rotatable bonds is 4. The van der Waals surface area contributed by atoms with E-state index < -0.39 is 0 Å². The molecule has 0 N–H and O–H groups in total. The zero-order chi connectivity index (χ0) is 16.5. The summed E-state index contributed by atoms with van der Waals surface area (Å²) in [7, 11) is 0. The van der Waals surface area contributed by atoms with Crippen LogP contribution in [0.15, 0.2) is 60.7 Å². The largest absolute Gasteiger partial charge is 0.297 e. The molecule has 24 heavy (non-hydrogen) atoms. The number of fused-ring (bicyclic) bond motifs is 1. The van der Waals surface area contributed by atoms with Crippen LogP contribution in [0.3, 0.4) is 0 Å². The van der Waals surface area contributed by atoms with Crippen molar-refractivity contribution in [3.63, 3.8) is 0 Å². The van der Waals surface area contributed by atoms with Crippen molar-refractivity contribution in [1.29, 1.82) is 0 Å². The molecule has 2 aliphatic rings. The lowest BCUT2D eigenvalue weighted by Crippen LogP contribution is -2.35. The Labute approximate surface area is 141 Å². The van der Waals surface area contributed by atoms with Crippen LogP contribution in [0, 0.1) is 11.8 Å². The summed E-state index contributed by atoms with van der Waals surface area (Å²) >= 11 is 0. The summed E-state index contributed by atoms with van der Waals surface area (Å²) in [5, 5.41) is 0. The van der Waals surface area contributed by atoms with Crippen LogP contribution in [0.2, 0.25) is 0 Å². The molecule has 2 fully saturated rings. The molecule has 2 aromatic rings. The summed E-state index contributed by atoms with van der Waals surface area (Å²) in [6.45, 7) is 2.54. The van der Waals surface area contributed by atoms with Gasteiger partial charge in [0.25, 0.3) is 0 Å². The van der Waals surface area contributed by atoms with Crippen molar-refractivity contribution in [1.82, 2.24) is 9.80 Å². The molecular formula is C20H20N2O2. The second kappa shape index (κ2) is 6.21. The molecule has 4 rings (SSSR count). The third-order valence-corrected chi connectivity index (χ3v) is 4.99. The Morgan fingerprint density at radius 2 is 1.17 bits per heavy atom. The molecule has 2 aliphatic heterocycles. The zero-order valence-electron chi connectivity index (χ0n) is 13.5. The van der Waals surface area contributed by atoms with E-state index in [0.717, 1.165) is 12.1 Å². The minimum Gasteiger partial charge on any atom is -0.297 e. The summed E-state index contributed by atoms with van der Waals surface area (Å²) in [4.78, 5) is 29.0. The van der Waals surface area contributed by atoms with E-state index in [1.165, 1.54) is 10.5 Å². The van der Waals surface area contributed by atoms with Crippen LogP contribution in [0.25, 0.3) is 0 Å². The quantitative estimate of drug-likeness (QED) is 0.812. The van der Waals surface area contributed by atoms with Gasteiger partial charge in [-0.05, 0) is 11.1 Å². The molecule has 2 heterocycles. The molecule has 0 aromatic heterocycles. The molecule has 0 unspecified atom stereocenters. The SMILES string of the molecule is O=C1[C@H]2CN(Cc3ccccc3)C[C@@H]2C(=O)N1Cc1ccccc1. The third kappa shape index (κ3) is 2.74. The van der Waals surface area contributed by atoms with Gasteiger partial charge in [-0.15, -0.1) is 0 Å². The number of carbonyl (C=O) groups is 2. The van der Waals surface area contributed by atoms with Crippen molar-refractivity contribution in [2.45, 2.75) is 13.1 Å². The lowest BCUT2D eigenvalue weighted by molar-refractivity contribution is -0.141. The van der Waals surface area contributed by atoms with Gasteiger partial charge in [-0.25, -0.2) is 0 Å². The Morgan fingerprint density at radius 1 is 0.708 bits per heavy atom. The van der Waals surface area contributed by atoms with E-state index in [9.17, 15) is 9.59 Å². The lowest BCUT2D eigenvalue weighted by Gasteiger charge is -2.20. The molecule has 0 spiro atoms. The number of benzene rings is 2. The van der Waals surface area contributed by atoms with E-state index in [0.29, 0.717) is 19.6 Å². The molecule has 4 nitrogen and oxygen atoms in total. The second-order valence-corrected chi connectivity index (χ2v) is 6.64. The molecule has 0 saturated carbocycles. The van der Waals surface area contributed by atoms with Gasteiger partial charge in [0.15, 0.2) is 0 Å². The van der Waals surface area contributed by atoms with Crippen molar-refractivity contribution < 1.29 is 9.59 Å². The highest BCUT2D eigenvalue weighted by Crippen LogP contribution is 2.34. The average molecular weight is 320 g/mol. The first-order chi connectivity index (χ1) is 11.7. The highest BCUT2D eigenvalue weighted by molar-refractivity contribution is 6.05. The van der Waals surface area contributed by atoms with E-state index >= 15 is 0 Å². The highest BCUT2D eigenvalue weighted by Gasteiger charge is 2.51. The van der Waals surface area contributed by atoms with Gasteiger partial charge < -0.3 is 0 Å². The van der Waals surface area contributed by atoms with Crippen molar-refractivity contribution in [3.05, 3.63) is 71.8 Å². The number of hydrogen-bond acceptors (Lipinski definition) is 3. The molecule has 0 aliphatic carbocycles. The molecule has 2 saturated heterocycles. The van der Waals surface area contributed by atoms with Gasteiger partial charge in [0.05, 0.1) is 18.4 Å². The maximum atomic E-state index is 12.7. The molecule has 2 amide bonds. The summed E-state index contributed by atoms with van der Waals surface area (Å²) in [5.74, 6) is -0.372. The van der Waals surface area contributed by atoms with Gasteiger partial charge in [-0.2, -0.15) is 0 Å². The smallest absolute Gasteiger partial charge is 0.234 e. The number of imide groups is 1. The van der Waals surface area contributed by atoms with Crippen molar-refractivity contribution >= 4 is 11.8 Å². The van der Waals surface area contributed by atoms with Crippen molar-refractivity contribution in [3.8, 4) is 0 Å². The number of hydrogen-bond donors (Lipinski definition) is 0. The molecular weight excluding hydrogens is 300 g/mol. The van der Waals surface area contributed by atoms with Gasteiger partial charge in [0.1, 0.15) is 0 Å². The molecule has 0 radical (unpaired) electrons. The van der Waals surface area contributed by atoms with Crippen LogP contribution in [0.1, 0.15) is 11.1 Å². The van der Waals surface area contributed by atoms with E-state index in [2.05, 4.69) is 17.0 Å². The molecule has 4 heteroatoms. The fourth-order valence-corrected chi connectivity index (χ4v) is 3.79. The highest BCUT2D eigenvalue weighted by atomic mass is 16.2. The molecule has 122 valence electrons. The van der Waals surface area contributed by atoms with E-state index in [-0.39, 0.29) is 23.7 Å². The Morgan fingerprint density at radius 3 is 1.67 bits per heavy atom. The Bertz CT molecular complexity index is 721. The van der Waals surface area contributed by atoms with Crippen LogP contribution >= 0.6 is 0 Å². The van der Waals surface area contributed by atoms with Crippen LogP contribution in [0.5, 0.6) is 0 Å². The van der Waals surface area contributed by atoms with Gasteiger partial charge in [-0.1, -0.05) is 60.7 Å². The van der Waals surface area contributed by atoms with E-state index in [1.807, 2.05) is 48.5 Å². The van der Waals surface area contributed by atoms with Gasteiger partial charge in [-0.3, -0.25) is 19.4 Å². The van der Waals surface area contributed by atoms with Crippen LogP contribution in [0.4, 0.5) is 0 Å². The zero-order valence-corrected chi connectivity index (χ0v) is 13.5. The Kier molecular flexibility index (Phi) is 3.90. The summed E-state index contributed by atoms with van der Waals surface area (Å²) < 4.78 is 0. The molecule has 2 atom stereocenters. The number of nitrogens with zero attached hydrogens (tertiary/aromatic N) is 2. The van der Waals surface area contributed by atoms with Crippen LogP contribution in [-0.4, -0.2) is 34.7 Å². The van der Waals surface area contributed by atoms with Crippen LogP contribution in [-0.2, 0) is 22.7 Å². The second-order valence-electron chi connectivity index (χ2n) is 6.64. The minimum absolute atomic E-state index is 0.00980. The van der Waals surface area contributed by atoms with Gasteiger partial charge >= 0.3 is 0 Å². The average Bonchev–Trinajstić information content (AvgIpc) is 3.12. The predicted molar refractivity (Wildman–Crippen MR) is 90.7 cm³/mol. The maximum Gasteiger partial charge on any atom is 0.234 e. The molecule has 2 aromatic carbocycles. The minimum atomic E-state index is -0.176. The van der Waals surface area contributed by atoms with Crippen molar-refractivity contribution in [2.75, 3.05) is 13.1 Å². The third-order valence-electron chi connectivity index (χ3n) is 4.99. The number of amides is 2.